The van der Waals surface area contributed by atoms with Gasteiger partial charge in [-0.1, -0.05) is 86.6 Å². The van der Waals surface area contributed by atoms with Crippen LogP contribution < -0.4 is 43.4 Å². The number of carbonyl (C=O) groups is 15. The summed E-state index contributed by atoms with van der Waals surface area (Å²) < 4.78 is 18.9. The van der Waals surface area contributed by atoms with Crippen LogP contribution in [0.25, 0.3) is 44.6 Å². The van der Waals surface area contributed by atoms with Gasteiger partial charge in [0, 0.05) is 115 Å². The quantitative estimate of drug-likeness (QED) is 0.00439. The molecule has 15 rings (SSSR count). The van der Waals surface area contributed by atoms with E-state index in [1.807, 2.05) is 72.8 Å². The van der Waals surface area contributed by atoms with Crippen LogP contribution in [0.3, 0.4) is 0 Å². The first-order chi connectivity index (χ1) is 68.7. The fourth-order valence-corrected chi connectivity index (χ4v) is 2530. The Morgan fingerprint density at radius 2 is 0.882 bits per heavy atom. The molecule has 0 unspecified atom stereocenters. The molecular weight excluding hydrogens is 3910 g/mol. The van der Waals surface area contributed by atoms with Gasteiger partial charge in [0.15, 0.2) is 34.3 Å². The first-order valence-corrected chi connectivity index (χ1v) is 152. The number of aliphatic hydroxyl groups is 2. The summed E-state index contributed by atoms with van der Waals surface area (Å²) >= 11 is 30.0. The van der Waals surface area contributed by atoms with E-state index in [0.29, 0.717) is 41.3 Å². The van der Waals surface area contributed by atoms with E-state index < -0.39 is 104 Å². The third-order valence-corrected chi connectivity index (χ3v) is 1180. The molecule has 780 valence electrons. The van der Waals surface area contributed by atoms with Gasteiger partial charge in [-0.15, -0.1) is 0 Å². The fraction of sp³-hybridized carbons (Fsp3) is 0.387. The number of aromatic nitrogens is 4. The number of ether oxygens (including phenoxy) is 3. The van der Waals surface area contributed by atoms with Gasteiger partial charge in [-0.3, -0.25) is 76.8 Å². The Balaban J connectivity index is 0.000000213. The van der Waals surface area contributed by atoms with Gasteiger partial charge in [0.1, 0.15) is 25.7 Å². The molecule has 33 nitrogen and oxygen atoms in total. The zero-order valence-electron chi connectivity index (χ0n) is 76.4. The van der Waals surface area contributed by atoms with Gasteiger partial charge in [0.05, 0.1) is 97.4 Å². The maximum absolute atomic E-state index is 13.8. The van der Waals surface area contributed by atoms with Crippen LogP contribution in [-0.4, -0.2) is 175 Å². The standard InChI is InChI=1S/C53H54N6O14.C40H41N5O8.I18/c1-2-53(71)40-24-42-48-38(27-59(42)51(69)39(40)28-73-52(53)70)37-10-6-9-36-31(11-13-41(57-48)47(36)37)22-34(61)26-55-49(67)32(21-30-7-4-3-5-8-30)23-35(62)25-54-44(64)14-12-33(60)18-20-72-29-56-50(68)43(63)17-19-58-45(65)15-16-46(58)66;1-2-40(52)31-16-33-36-29(20-45(33)38(50)30(31)21-53-39(40)51)28-10-6-9-27-23(11-12-32(44-36)35(27)28)14-25(46)19-43-37(49)24(13-22-7-4-3-5-8-22)15-26(47)18-42-34(48)17-41;1-11(2)13(5)15(7)17(9)18(10)16(8)14(6)12(3)4/h3-5,7-8,11,13,15-16,24,32,71H,2,6,9-10,12,14,17-23,25-29H2,1H3,(H,54,64)(H,55,67)(H,56,68);3-5,7-8,11-12,16,24,52H,2,6,9-10,13-15,17-21,41H2,1H3,(H,42,48)(H,43,49);/t32-,53+;24-,40+;/m11./s1. The van der Waals surface area contributed by atoms with Gasteiger partial charge >= 0.3 is 261 Å². The second-order valence-corrected chi connectivity index (χ2v) is 424. The van der Waals surface area contributed by atoms with Gasteiger partial charge in [-0.25, -0.2) is 19.6 Å². The normalized spacial score (nSPS) is 17.0. The van der Waals surface area contributed by atoms with Crippen molar-refractivity contribution in [2.45, 2.75) is 167 Å². The van der Waals surface area contributed by atoms with Crippen LogP contribution in [0.1, 0.15) is 156 Å². The van der Waals surface area contributed by atoms with Gasteiger partial charge in [-0.2, -0.15) is 0 Å². The molecule has 4 atom stereocenters. The molecule has 9 N–H and O–H groups in total. The number of ketones is 6. The molecule has 0 radical (unpaired) electrons. The number of esters is 2. The van der Waals surface area contributed by atoms with Gasteiger partial charge in [-0.05, 0) is 133 Å². The number of nitrogens with one attached hydrogen (secondary N) is 5. The predicted octanol–water partition coefficient (Wildman–Crippen LogP) is 19.1. The average molecular weight is 4000 g/mol. The summed E-state index contributed by atoms with van der Waals surface area (Å²) in [5, 5.41) is 37.1. The number of amides is 7. The minimum absolute atomic E-state index is 0.0248. The van der Waals surface area contributed by atoms with E-state index in [9.17, 15) is 91.7 Å². The first kappa shape index (κ1) is 121. The van der Waals surface area contributed by atoms with Crippen LogP contribution in [0, 0.1) is 11.8 Å². The van der Waals surface area contributed by atoms with Crippen LogP contribution >= 0.6 is 249 Å². The van der Waals surface area contributed by atoms with Crippen molar-refractivity contribution in [3.05, 3.63) is 208 Å². The molecule has 0 saturated carbocycles. The zero-order valence-corrected chi connectivity index (χ0v) is 115. The second kappa shape index (κ2) is 56.3. The molecule has 7 amide bonds. The van der Waals surface area contributed by atoms with E-state index >= 15 is 0 Å². The number of pyridine rings is 4. The van der Waals surface area contributed by atoms with E-state index in [0.717, 1.165) is 121 Å². The molecule has 144 heavy (non-hydrogen) atoms. The van der Waals surface area contributed by atoms with Crippen molar-refractivity contribution >= 4 is 359 Å². The second-order valence-electron chi connectivity index (χ2n) is 33.8. The summed E-state index contributed by atoms with van der Waals surface area (Å²) in [6, 6.07) is 29.2. The molecule has 0 bridgehead atoms. The van der Waals surface area contributed by atoms with Crippen molar-refractivity contribution in [2.75, 3.05) is 52.6 Å². The molecule has 9 heterocycles. The van der Waals surface area contributed by atoms with E-state index in [-0.39, 0.29) is 253 Å². The van der Waals surface area contributed by atoms with E-state index in [2.05, 4.69) is 213 Å². The molecule has 0 saturated heterocycles. The van der Waals surface area contributed by atoms with Crippen molar-refractivity contribution in [3.63, 3.8) is 0 Å². The third-order valence-electron chi connectivity index (χ3n) is 25.0. The first-order valence-electron chi connectivity index (χ1n) is 44.6. The van der Waals surface area contributed by atoms with Gasteiger partial charge < -0.3 is 65.9 Å². The van der Waals surface area contributed by atoms with Crippen molar-refractivity contribution in [1.29, 1.82) is 0 Å². The van der Waals surface area contributed by atoms with Crippen LogP contribution in [0.15, 0.2) is 119 Å². The van der Waals surface area contributed by atoms with Crippen molar-refractivity contribution in [3.8, 4) is 22.8 Å². The monoisotopic (exact) mass is 4000 g/mol. The Morgan fingerprint density at radius 3 is 1.30 bits per heavy atom. The van der Waals surface area contributed by atoms with Crippen molar-refractivity contribution in [1.82, 2.24) is 50.6 Å². The summed E-state index contributed by atoms with van der Waals surface area (Å²) in [7, 11) is -3.13. The molecule has 51 heteroatoms. The number of hydrogen-bond acceptors (Lipinski definition) is 25. The summed E-state index contributed by atoms with van der Waals surface area (Å²) in [5.41, 5.74) is 14.8. The number of halogens is 18. The van der Waals surface area contributed by atoms with E-state index in [1.54, 1.807) is 47.2 Å². The molecule has 0 fully saturated rings. The number of Topliss-reactive ketones (excluding diaryl/α,β-unsaturated/α-hetero) is 6. The number of fused-ring (bicyclic) bond motifs is 10. The number of nitrogens with zero attached hydrogens (tertiary/aromatic N) is 5. The Hall–Kier alpha value is -0.230. The molecule has 5 aliphatic heterocycles. The average Bonchev–Trinajstić information content (AvgIpc) is 1.54. The van der Waals surface area contributed by atoms with E-state index in [1.165, 1.54) is 0 Å². The number of aryl methyl sites for hydroxylation is 4. The molecule has 7 aliphatic rings. The number of hydrogen-bond donors (Lipinski definition) is 8. The van der Waals surface area contributed by atoms with Crippen LogP contribution in [-0.2, 0) is 175 Å². The number of benzene rings is 4. The Bertz CT molecular complexity index is 6550. The number of imide groups is 1. The van der Waals surface area contributed by atoms with Crippen LogP contribution in [0.5, 0.6) is 0 Å². The van der Waals surface area contributed by atoms with E-state index in [4.69, 9.17) is 29.9 Å². The summed E-state index contributed by atoms with van der Waals surface area (Å²) in [6.45, 7) is 1.35. The molecule has 2 aliphatic carbocycles. The van der Waals surface area contributed by atoms with Gasteiger partial charge in [0.25, 0.3) is 28.8 Å². The maximum atomic E-state index is 13.8. The Labute approximate surface area is 955 Å². The third kappa shape index (κ3) is 29.9. The number of carbonyl (C=O) groups excluding carboxylic acids is 15. The molecule has 0 spiro atoms. The van der Waals surface area contributed by atoms with Crippen molar-refractivity contribution in [2.24, 2.45) is 17.6 Å². The number of cyclic esters (lactones) is 2. The zero-order chi connectivity index (χ0) is 104. The molecule has 4 aromatic carbocycles. The Morgan fingerprint density at radius 1 is 0.472 bits per heavy atom. The summed E-state index contributed by atoms with van der Waals surface area (Å²) in [5.74, 6) is -9.64. The van der Waals surface area contributed by atoms with Crippen LogP contribution in [0.4, 0.5) is 0 Å². The van der Waals surface area contributed by atoms with Gasteiger partial charge in [0.2, 0.25) is 29.4 Å². The minimum atomic E-state index is -1.94. The topological polar surface area (TPSA) is 483 Å². The Kier molecular flexibility index (Phi) is 47.2. The molecule has 8 aromatic rings. The fourth-order valence-electron chi connectivity index (χ4n) is 17.9. The van der Waals surface area contributed by atoms with Crippen LogP contribution in [0.2, 0.25) is 0 Å². The SMILES string of the molecule is CC[C@@]1(O)C(=O)OCc2c1cc1n(c2=O)Cc2c-1nc1ccc(CC(=O)CNC(=O)[C@@H](CC(=O)CNC(=O)CCC(=O)CCOCNC(=O)C(=O)CCN3C(=O)C=CC3=O)Cc3ccccc3)c3c1c2CCC3.CC[C@@]1(O)C(=O)OCc2c1cc1n(c2=O)Cc2c-1nc1ccc(CC(=O)CNC(=O)[C@@H](CC(=O)CNC(=O)CN)Cc3ccccc3)c3c1c2CCC3.II(I)I(I)I(I)I(I)I(I)I(I)I(I)I(I)I. The predicted molar refractivity (Wildman–Crippen MR) is 704 cm³/mol. The molecule has 4 aromatic heterocycles. The molecular formula is C93H95I18N11O22. The number of rotatable bonds is 44. The summed E-state index contributed by atoms with van der Waals surface area (Å²) in [4.78, 5) is 227. The van der Waals surface area contributed by atoms with Crippen molar-refractivity contribution < 1.29 is 96.3 Å². The number of nitrogens with two attached hydrogens (primary N) is 1. The summed E-state index contributed by atoms with van der Waals surface area (Å²) in [6.07, 6.45) is 6.19.